The average molecular weight is 429 g/mol. The lowest BCUT2D eigenvalue weighted by Gasteiger charge is -2.28. The van der Waals surface area contributed by atoms with Crippen LogP contribution >= 0.6 is 0 Å². The highest BCUT2D eigenvalue weighted by Crippen LogP contribution is 2.38. The van der Waals surface area contributed by atoms with Crippen molar-refractivity contribution in [3.05, 3.63) is 35.2 Å². The average Bonchev–Trinajstić information content (AvgIpc) is 3.03. The van der Waals surface area contributed by atoms with Gasteiger partial charge < -0.3 is 16.9 Å². The van der Waals surface area contributed by atoms with Gasteiger partial charge in [-0.1, -0.05) is 12.1 Å². The first kappa shape index (κ1) is 22.5. The summed E-state index contributed by atoms with van der Waals surface area (Å²) in [6, 6.07) is 1.25. The highest BCUT2D eigenvalue weighted by Gasteiger charge is 2.37. The Morgan fingerprint density at radius 3 is 2.04 bits per heavy atom. The minimum Gasteiger partial charge on any atom is -1.00 e. The molecule has 0 amide bonds. The van der Waals surface area contributed by atoms with E-state index in [0.717, 1.165) is 25.9 Å². The van der Waals surface area contributed by atoms with Crippen molar-refractivity contribution in [3.8, 4) is 11.4 Å². The number of rotatable bonds is 3. The number of nitrogens with zero attached hydrogens (tertiary/aromatic N) is 3. The van der Waals surface area contributed by atoms with Crippen molar-refractivity contribution in [2.45, 2.75) is 38.7 Å². The standard InChI is InChI=1S/C17H17F6N3O.ClH/c1-10-2-4-26(5-3-10)9-14-24-15(25-27-14)11-6-12(16(18,19)20)8-13(7-11)17(21,22)23;/h6-8,10H,2-5,9H2,1H3;1H/p-1. The lowest BCUT2D eigenvalue weighted by atomic mass is 9.99. The minimum absolute atomic E-state index is 0. The summed E-state index contributed by atoms with van der Waals surface area (Å²) in [5.74, 6) is 0.475. The van der Waals surface area contributed by atoms with Crippen molar-refractivity contribution in [1.82, 2.24) is 15.0 Å². The van der Waals surface area contributed by atoms with Crippen LogP contribution in [0.1, 0.15) is 36.8 Å². The first-order valence-electron chi connectivity index (χ1n) is 8.37. The summed E-state index contributed by atoms with van der Waals surface area (Å²) in [5.41, 5.74) is -3.22. The maximum Gasteiger partial charge on any atom is 0.416 e. The molecular weight excluding hydrogens is 412 g/mol. The maximum atomic E-state index is 13.0. The number of halogens is 7. The van der Waals surface area contributed by atoms with Gasteiger partial charge in [-0.3, -0.25) is 4.90 Å². The number of aromatic nitrogens is 2. The van der Waals surface area contributed by atoms with Crippen LogP contribution in [0, 0.1) is 5.92 Å². The molecule has 0 bridgehead atoms. The second kappa shape index (κ2) is 8.28. The highest BCUT2D eigenvalue weighted by molar-refractivity contribution is 5.58. The van der Waals surface area contributed by atoms with Gasteiger partial charge in [0, 0.05) is 5.56 Å². The Hall–Kier alpha value is -1.81. The van der Waals surface area contributed by atoms with Crippen LogP contribution < -0.4 is 12.4 Å². The molecule has 1 aliphatic heterocycles. The smallest absolute Gasteiger partial charge is 0.416 e. The molecule has 0 aliphatic carbocycles. The Morgan fingerprint density at radius 2 is 1.54 bits per heavy atom. The predicted molar refractivity (Wildman–Crippen MR) is 83.4 cm³/mol. The largest absolute Gasteiger partial charge is 1.00 e. The summed E-state index contributed by atoms with van der Waals surface area (Å²) >= 11 is 0. The zero-order chi connectivity index (χ0) is 19.8. The Bertz CT molecular complexity index is 765. The number of hydrogen-bond acceptors (Lipinski definition) is 4. The number of alkyl halides is 6. The Labute approximate surface area is 163 Å². The van der Waals surface area contributed by atoms with Crippen LogP contribution in [0.2, 0.25) is 0 Å². The summed E-state index contributed by atoms with van der Waals surface area (Å²) in [7, 11) is 0. The molecule has 2 aromatic rings. The van der Waals surface area contributed by atoms with Gasteiger partial charge in [-0.05, 0) is 50.0 Å². The molecule has 0 radical (unpaired) electrons. The van der Waals surface area contributed by atoms with Crippen molar-refractivity contribution in [1.29, 1.82) is 0 Å². The van der Waals surface area contributed by atoms with Crippen LogP contribution in [0.15, 0.2) is 22.7 Å². The monoisotopic (exact) mass is 428 g/mol. The van der Waals surface area contributed by atoms with E-state index in [1.165, 1.54) is 0 Å². The normalized spacial score (nSPS) is 16.8. The third-order valence-corrected chi connectivity index (χ3v) is 4.55. The quantitative estimate of drug-likeness (QED) is 0.702. The van der Waals surface area contributed by atoms with Crippen molar-refractivity contribution in [3.63, 3.8) is 0 Å². The highest BCUT2D eigenvalue weighted by atomic mass is 35.5. The lowest BCUT2D eigenvalue weighted by molar-refractivity contribution is -0.143. The van der Waals surface area contributed by atoms with E-state index >= 15 is 0 Å². The Balaban J connectivity index is 0.00000280. The van der Waals surface area contributed by atoms with Gasteiger partial charge in [0.15, 0.2) is 0 Å². The fourth-order valence-electron chi connectivity index (χ4n) is 2.93. The first-order chi connectivity index (χ1) is 12.5. The fourth-order valence-corrected chi connectivity index (χ4v) is 2.93. The van der Waals surface area contributed by atoms with Gasteiger partial charge in [0.2, 0.25) is 11.7 Å². The van der Waals surface area contributed by atoms with Crippen molar-refractivity contribution >= 4 is 0 Å². The van der Waals surface area contributed by atoms with E-state index in [1.54, 1.807) is 0 Å². The molecule has 0 atom stereocenters. The summed E-state index contributed by atoms with van der Waals surface area (Å²) in [6.07, 6.45) is -7.84. The molecule has 1 saturated heterocycles. The molecule has 0 saturated carbocycles. The number of benzene rings is 1. The van der Waals surface area contributed by atoms with E-state index in [-0.39, 0.29) is 35.8 Å². The van der Waals surface area contributed by atoms with E-state index in [9.17, 15) is 26.3 Å². The van der Waals surface area contributed by atoms with E-state index in [4.69, 9.17) is 4.52 Å². The van der Waals surface area contributed by atoms with Crippen LogP contribution in [0.3, 0.4) is 0 Å². The van der Waals surface area contributed by atoms with Crippen molar-refractivity contribution in [2.75, 3.05) is 13.1 Å². The van der Waals surface area contributed by atoms with Crippen molar-refractivity contribution in [2.24, 2.45) is 5.92 Å². The van der Waals surface area contributed by atoms with E-state index in [0.29, 0.717) is 24.6 Å². The summed E-state index contributed by atoms with van der Waals surface area (Å²) < 4.78 is 82.8. The minimum atomic E-state index is -4.92. The molecular formula is C17H17ClF6N3O-. The van der Waals surface area contributed by atoms with Gasteiger partial charge in [0.25, 0.3) is 0 Å². The van der Waals surface area contributed by atoms with E-state index < -0.39 is 23.5 Å². The molecule has 11 heteroatoms. The molecule has 156 valence electrons. The number of piperidine rings is 1. The van der Waals surface area contributed by atoms with Crippen molar-refractivity contribution < 1.29 is 43.3 Å². The molecule has 4 nitrogen and oxygen atoms in total. The SMILES string of the molecule is CC1CCN(Cc2nc(-c3cc(C(F)(F)F)cc(C(F)(F)F)c3)no2)CC1.[Cl-]. The van der Waals surface area contributed by atoms with Crippen LogP contribution in [-0.4, -0.2) is 28.1 Å². The molecule has 28 heavy (non-hydrogen) atoms. The second-order valence-corrected chi connectivity index (χ2v) is 6.76. The van der Waals surface area contributed by atoms with E-state index in [1.807, 2.05) is 0 Å². The zero-order valence-corrected chi connectivity index (χ0v) is 15.5. The topological polar surface area (TPSA) is 42.2 Å². The third-order valence-electron chi connectivity index (χ3n) is 4.55. The Kier molecular flexibility index (Phi) is 6.65. The van der Waals surface area contributed by atoms with Gasteiger partial charge in [-0.25, -0.2) is 0 Å². The van der Waals surface area contributed by atoms with Crippen LogP contribution in [-0.2, 0) is 18.9 Å². The molecule has 3 rings (SSSR count). The summed E-state index contributed by atoms with van der Waals surface area (Å²) in [5, 5.41) is 3.57. The molecule has 1 fully saturated rings. The fraction of sp³-hybridized carbons (Fsp3) is 0.529. The van der Waals surface area contributed by atoms with Gasteiger partial charge in [-0.2, -0.15) is 31.3 Å². The van der Waals surface area contributed by atoms with Gasteiger partial charge in [0.1, 0.15) is 0 Å². The first-order valence-corrected chi connectivity index (χ1v) is 8.37. The summed E-state index contributed by atoms with van der Waals surface area (Å²) in [6.45, 7) is 4.10. The zero-order valence-electron chi connectivity index (χ0n) is 14.7. The summed E-state index contributed by atoms with van der Waals surface area (Å²) in [4.78, 5) is 6.05. The number of hydrogen-bond donors (Lipinski definition) is 0. The molecule has 0 spiro atoms. The predicted octanol–water partition coefficient (Wildman–Crippen LogP) is 2.01. The van der Waals surface area contributed by atoms with Gasteiger partial charge in [0.05, 0.1) is 17.7 Å². The molecule has 2 heterocycles. The molecule has 1 aliphatic rings. The third kappa shape index (κ3) is 5.38. The second-order valence-electron chi connectivity index (χ2n) is 6.76. The van der Waals surface area contributed by atoms with Crippen LogP contribution in [0.5, 0.6) is 0 Å². The number of likely N-dealkylation sites (tertiary alicyclic amines) is 1. The van der Waals surface area contributed by atoms with Crippen LogP contribution in [0.4, 0.5) is 26.3 Å². The molecule has 0 unspecified atom stereocenters. The van der Waals surface area contributed by atoms with Gasteiger partial charge in [-0.15, -0.1) is 0 Å². The van der Waals surface area contributed by atoms with Crippen LogP contribution in [0.25, 0.3) is 11.4 Å². The molecule has 1 aromatic carbocycles. The molecule has 1 aromatic heterocycles. The Morgan fingerprint density at radius 1 is 1.00 bits per heavy atom. The van der Waals surface area contributed by atoms with E-state index in [2.05, 4.69) is 22.0 Å². The lowest BCUT2D eigenvalue weighted by Crippen LogP contribution is -3.00. The molecule has 0 N–H and O–H groups in total. The van der Waals surface area contributed by atoms with Gasteiger partial charge >= 0.3 is 12.4 Å². The maximum absolute atomic E-state index is 13.0.